The number of ether oxygens (including phenoxy) is 1. The Balaban J connectivity index is 2.21. The van der Waals surface area contributed by atoms with Gasteiger partial charge < -0.3 is 31.9 Å². The predicted octanol–water partition coefficient (Wildman–Crippen LogP) is 1.11. The molecule has 0 radical (unpaired) electrons. The number of hydrogen-bond donors (Lipinski definition) is 5. The molecule has 2 amide bonds. The molecule has 7 N–H and O–H groups in total. The monoisotopic (exact) mass is 408 g/mol. The van der Waals surface area contributed by atoms with Crippen molar-refractivity contribution in [2.24, 2.45) is 11.5 Å². The van der Waals surface area contributed by atoms with Gasteiger partial charge in [-0.2, -0.15) is 0 Å². The summed E-state index contributed by atoms with van der Waals surface area (Å²) in [6.45, 7) is 1.07. The Morgan fingerprint density at radius 2 is 1.72 bits per heavy atom. The molecule has 0 spiro atoms. The highest BCUT2D eigenvalue weighted by molar-refractivity contribution is 5.86. The van der Waals surface area contributed by atoms with Crippen LogP contribution in [-0.2, 0) is 20.9 Å². The molecule has 0 heterocycles. The van der Waals surface area contributed by atoms with Gasteiger partial charge in [0, 0.05) is 6.54 Å². The Morgan fingerprint density at radius 3 is 2.38 bits per heavy atom. The summed E-state index contributed by atoms with van der Waals surface area (Å²) in [5.41, 5.74) is 12.1. The van der Waals surface area contributed by atoms with Gasteiger partial charge in [-0.05, 0) is 44.2 Å². The number of carbonyl (C=O) groups excluding carboxylic acids is 2. The Hall–Kier alpha value is -2.65. The lowest BCUT2D eigenvalue weighted by Crippen LogP contribution is -2.48. The van der Waals surface area contributed by atoms with Crippen LogP contribution in [0.3, 0.4) is 0 Å². The quantitative estimate of drug-likeness (QED) is 0.289. The van der Waals surface area contributed by atoms with E-state index in [2.05, 4.69) is 10.6 Å². The predicted molar refractivity (Wildman–Crippen MR) is 109 cm³/mol. The largest absolute Gasteiger partial charge is 0.480 e. The van der Waals surface area contributed by atoms with Gasteiger partial charge in [0.15, 0.2) is 0 Å². The van der Waals surface area contributed by atoms with Gasteiger partial charge in [0.25, 0.3) is 0 Å². The number of nitrogens with two attached hydrogens (primary N) is 2. The van der Waals surface area contributed by atoms with Crippen molar-refractivity contribution in [2.75, 3.05) is 13.1 Å². The van der Waals surface area contributed by atoms with Crippen LogP contribution in [0.2, 0.25) is 0 Å². The van der Waals surface area contributed by atoms with Gasteiger partial charge in [-0.25, -0.2) is 9.59 Å². The van der Waals surface area contributed by atoms with Gasteiger partial charge >= 0.3 is 12.1 Å². The fraction of sp³-hybridized carbons (Fsp3) is 0.550. The van der Waals surface area contributed by atoms with E-state index in [1.165, 1.54) is 0 Å². The first-order valence-corrected chi connectivity index (χ1v) is 9.87. The number of unbranched alkanes of at least 4 members (excludes halogenated alkanes) is 2. The van der Waals surface area contributed by atoms with E-state index >= 15 is 0 Å². The van der Waals surface area contributed by atoms with E-state index in [1.807, 2.05) is 30.3 Å². The number of hydrogen-bond acceptors (Lipinski definition) is 6. The van der Waals surface area contributed by atoms with E-state index in [4.69, 9.17) is 16.2 Å². The van der Waals surface area contributed by atoms with Crippen molar-refractivity contribution in [3.8, 4) is 0 Å². The third-order valence-electron chi connectivity index (χ3n) is 4.32. The average Bonchev–Trinajstić information content (AvgIpc) is 2.71. The minimum absolute atomic E-state index is 0.186. The van der Waals surface area contributed by atoms with E-state index < -0.39 is 30.1 Å². The number of alkyl carbamates (subject to hydrolysis) is 1. The fourth-order valence-electron chi connectivity index (χ4n) is 2.61. The van der Waals surface area contributed by atoms with Crippen LogP contribution in [0.4, 0.5) is 4.79 Å². The smallest absolute Gasteiger partial charge is 0.407 e. The number of rotatable bonds is 14. The zero-order valence-electron chi connectivity index (χ0n) is 16.6. The van der Waals surface area contributed by atoms with Crippen LogP contribution in [0.1, 0.15) is 44.1 Å². The van der Waals surface area contributed by atoms with E-state index in [0.29, 0.717) is 32.4 Å². The molecule has 162 valence electrons. The second kappa shape index (κ2) is 14.4. The number of carbonyl (C=O) groups is 3. The summed E-state index contributed by atoms with van der Waals surface area (Å²) in [6, 6.07) is 7.57. The van der Waals surface area contributed by atoms with Gasteiger partial charge in [0.1, 0.15) is 12.6 Å². The standard InChI is InChI=1S/C20H32N4O5/c21-12-6-4-10-16(22)18(25)24-17(19(26)27)11-5-7-13-23-20(28)29-14-15-8-2-1-3-9-15/h1-3,8-9,16-17H,4-7,10-14,21-22H2,(H,23,28)(H,24,25)(H,26,27)/t16-,17-/m0/s1. The molecule has 0 saturated carbocycles. The van der Waals surface area contributed by atoms with Crippen molar-refractivity contribution in [3.63, 3.8) is 0 Å². The highest BCUT2D eigenvalue weighted by atomic mass is 16.5. The summed E-state index contributed by atoms with van der Waals surface area (Å²) in [7, 11) is 0. The first-order valence-electron chi connectivity index (χ1n) is 9.87. The molecule has 9 nitrogen and oxygen atoms in total. The van der Waals surface area contributed by atoms with Gasteiger partial charge in [0.2, 0.25) is 5.91 Å². The topological polar surface area (TPSA) is 157 Å². The molecule has 0 aromatic heterocycles. The zero-order chi connectivity index (χ0) is 21.5. The van der Waals surface area contributed by atoms with Gasteiger partial charge in [-0.1, -0.05) is 36.8 Å². The summed E-state index contributed by atoms with van der Waals surface area (Å²) in [5.74, 6) is -1.58. The lowest BCUT2D eigenvalue weighted by Gasteiger charge is -2.18. The van der Waals surface area contributed by atoms with Crippen LogP contribution in [0.15, 0.2) is 30.3 Å². The van der Waals surface area contributed by atoms with Crippen LogP contribution < -0.4 is 22.1 Å². The maximum absolute atomic E-state index is 12.0. The van der Waals surface area contributed by atoms with Crippen LogP contribution >= 0.6 is 0 Å². The fourth-order valence-corrected chi connectivity index (χ4v) is 2.61. The zero-order valence-corrected chi connectivity index (χ0v) is 16.6. The van der Waals surface area contributed by atoms with Crippen molar-refractivity contribution >= 4 is 18.0 Å². The maximum Gasteiger partial charge on any atom is 0.407 e. The van der Waals surface area contributed by atoms with Crippen LogP contribution in [0.5, 0.6) is 0 Å². The summed E-state index contributed by atoms with van der Waals surface area (Å²) in [4.78, 5) is 35.0. The van der Waals surface area contributed by atoms with Crippen molar-refractivity contribution in [1.82, 2.24) is 10.6 Å². The second-order valence-electron chi connectivity index (χ2n) is 6.77. The molecule has 2 atom stereocenters. The van der Waals surface area contributed by atoms with Crippen molar-refractivity contribution in [1.29, 1.82) is 0 Å². The number of nitrogens with one attached hydrogen (secondary N) is 2. The molecular weight excluding hydrogens is 376 g/mol. The maximum atomic E-state index is 12.0. The Bertz CT molecular complexity index is 627. The van der Waals surface area contributed by atoms with Crippen LogP contribution in [0, 0.1) is 0 Å². The van der Waals surface area contributed by atoms with Crippen LogP contribution in [0.25, 0.3) is 0 Å². The number of amides is 2. The molecule has 1 rings (SSSR count). The molecule has 0 aliphatic rings. The van der Waals surface area contributed by atoms with Crippen molar-refractivity contribution in [2.45, 2.75) is 57.2 Å². The first kappa shape index (κ1) is 24.4. The molecule has 29 heavy (non-hydrogen) atoms. The minimum atomic E-state index is -1.11. The van der Waals surface area contributed by atoms with E-state index in [1.54, 1.807) is 0 Å². The third kappa shape index (κ3) is 11.1. The molecule has 0 bridgehead atoms. The van der Waals surface area contributed by atoms with E-state index in [0.717, 1.165) is 18.4 Å². The normalized spacial score (nSPS) is 12.6. The molecule has 0 unspecified atom stereocenters. The highest BCUT2D eigenvalue weighted by Gasteiger charge is 2.22. The number of carboxylic acids is 1. The summed E-state index contributed by atoms with van der Waals surface area (Å²) in [6.07, 6.45) is 2.74. The number of benzene rings is 1. The number of carboxylic acid groups (broad SMARTS) is 1. The highest BCUT2D eigenvalue weighted by Crippen LogP contribution is 2.04. The Morgan fingerprint density at radius 1 is 1.03 bits per heavy atom. The lowest BCUT2D eigenvalue weighted by atomic mass is 10.1. The van der Waals surface area contributed by atoms with Gasteiger partial charge in [-0.15, -0.1) is 0 Å². The SMILES string of the molecule is NCCCC[C@H](N)C(=O)N[C@@H](CCCCNC(=O)OCc1ccccc1)C(=O)O. The Labute approximate surface area is 171 Å². The van der Waals surface area contributed by atoms with Crippen molar-refractivity contribution < 1.29 is 24.2 Å². The summed E-state index contributed by atoms with van der Waals surface area (Å²) in [5, 5.41) is 14.4. The number of aliphatic carboxylic acids is 1. The molecule has 0 aliphatic carbocycles. The van der Waals surface area contributed by atoms with E-state index in [-0.39, 0.29) is 13.0 Å². The van der Waals surface area contributed by atoms with Crippen LogP contribution in [-0.4, -0.2) is 48.2 Å². The second-order valence-corrected chi connectivity index (χ2v) is 6.77. The molecule has 1 aromatic carbocycles. The van der Waals surface area contributed by atoms with Gasteiger partial charge in [0.05, 0.1) is 6.04 Å². The summed E-state index contributed by atoms with van der Waals surface area (Å²) < 4.78 is 5.09. The first-order chi connectivity index (χ1) is 13.9. The van der Waals surface area contributed by atoms with Gasteiger partial charge in [-0.3, -0.25) is 4.79 Å². The molecular formula is C20H32N4O5. The average molecular weight is 408 g/mol. The molecule has 1 aromatic rings. The van der Waals surface area contributed by atoms with Crippen molar-refractivity contribution in [3.05, 3.63) is 35.9 Å². The molecule has 0 saturated heterocycles. The summed E-state index contributed by atoms with van der Waals surface area (Å²) >= 11 is 0. The lowest BCUT2D eigenvalue weighted by molar-refractivity contribution is -0.142. The molecule has 0 aliphatic heterocycles. The minimum Gasteiger partial charge on any atom is -0.480 e. The molecule has 9 heteroatoms. The molecule has 0 fully saturated rings. The van der Waals surface area contributed by atoms with E-state index in [9.17, 15) is 19.5 Å². The Kier molecular flexibility index (Phi) is 12.1. The third-order valence-corrected chi connectivity index (χ3v) is 4.32.